The third-order valence-electron chi connectivity index (χ3n) is 7.08. The molecule has 1 aromatic carbocycles. The number of thiophene rings is 1. The van der Waals surface area contributed by atoms with Gasteiger partial charge in [-0.2, -0.15) is 0 Å². The third kappa shape index (κ3) is 4.16. The summed E-state index contributed by atoms with van der Waals surface area (Å²) in [5, 5.41) is 1.33. The first-order valence-electron chi connectivity index (χ1n) is 12.0. The summed E-state index contributed by atoms with van der Waals surface area (Å²) < 4.78 is 10.8. The molecule has 0 spiro atoms. The summed E-state index contributed by atoms with van der Waals surface area (Å²) in [6.07, 6.45) is 3.62. The highest BCUT2D eigenvalue weighted by molar-refractivity contribution is 7.19. The topological polar surface area (TPSA) is 54.0 Å². The van der Waals surface area contributed by atoms with Crippen LogP contribution in [0.2, 0.25) is 0 Å². The van der Waals surface area contributed by atoms with Crippen molar-refractivity contribution in [1.29, 1.82) is 0 Å². The van der Waals surface area contributed by atoms with E-state index in [-0.39, 0.29) is 0 Å². The highest BCUT2D eigenvalue weighted by Gasteiger charge is 2.27. The average molecular weight is 466 g/mol. The molecule has 0 unspecified atom stereocenters. The molecule has 1 aliphatic carbocycles. The maximum atomic E-state index is 5.53. The van der Waals surface area contributed by atoms with E-state index in [0.717, 1.165) is 76.4 Å². The summed E-state index contributed by atoms with van der Waals surface area (Å²) in [5.41, 5.74) is 2.77. The van der Waals surface area contributed by atoms with Gasteiger partial charge in [0.15, 0.2) is 0 Å². The number of ether oxygens (including phenoxy) is 2. The molecule has 7 nitrogen and oxygen atoms in total. The lowest BCUT2D eigenvalue weighted by atomic mass is 10.1. The fourth-order valence-corrected chi connectivity index (χ4v) is 6.52. The molecule has 0 amide bonds. The van der Waals surface area contributed by atoms with Crippen LogP contribution in [0, 0.1) is 0 Å². The maximum Gasteiger partial charge on any atom is 0.146 e. The Bertz CT molecular complexity index is 1120. The van der Waals surface area contributed by atoms with Crippen molar-refractivity contribution in [1.82, 2.24) is 14.9 Å². The molecule has 8 heteroatoms. The Labute approximate surface area is 198 Å². The van der Waals surface area contributed by atoms with Gasteiger partial charge in [0.25, 0.3) is 0 Å². The molecular weight excluding hydrogens is 434 g/mol. The summed E-state index contributed by atoms with van der Waals surface area (Å²) in [4.78, 5) is 20.3. The molecule has 0 radical (unpaired) electrons. The van der Waals surface area contributed by atoms with Gasteiger partial charge in [-0.3, -0.25) is 4.90 Å². The van der Waals surface area contributed by atoms with Crippen molar-refractivity contribution in [3.8, 4) is 5.75 Å². The Kier molecular flexibility index (Phi) is 5.82. The first-order valence-corrected chi connectivity index (χ1v) is 12.9. The summed E-state index contributed by atoms with van der Waals surface area (Å²) in [6, 6.07) is 8.40. The fourth-order valence-electron chi connectivity index (χ4n) is 5.25. The first kappa shape index (κ1) is 21.1. The molecule has 2 aromatic heterocycles. The normalized spacial score (nSPS) is 19.3. The van der Waals surface area contributed by atoms with Gasteiger partial charge in [-0.1, -0.05) is 0 Å². The largest absolute Gasteiger partial charge is 0.497 e. The summed E-state index contributed by atoms with van der Waals surface area (Å²) in [7, 11) is 1.71. The van der Waals surface area contributed by atoms with Crippen molar-refractivity contribution in [3.63, 3.8) is 0 Å². The van der Waals surface area contributed by atoms with Gasteiger partial charge < -0.3 is 19.3 Å². The van der Waals surface area contributed by atoms with Crippen molar-refractivity contribution >= 4 is 33.1 Å². The van der Waals surface area contributed by atoms with Crippen molar-refractivity contribution in [2.75, 3.05) is 69.4 Å². The number of fused-ring (bicyclic) bond motifs is 3. The Morgan fingerprint density at radius 1 is 0.939 bits per heavy atom. The van der Waals surface area contributed by atoms with Gasteiger partial charge in [0.1, 0.15) is 22.2 Å². The van der Waals surface area contributed by atoms with Crippen LogP contribution in [-0.4, -0.2) is 74.5 Å². The van der Waals surface area contributed by atoms with E-state index in [1.807, 2.05) is 23.5 Å². The lowest BCUT2D eigenvalue weighted by Crippen LogP contribution is -2.47. The SMILES string of the molecule is COc1ccc(N2CCN(c3nc(CN4CCOCC4)nc4sc5c(c34)CCC5)CC2)cc1. The summed E-state index contributed by atoms with van der Waals surface area (Å²) in [6.45, 7) is 8.24. The van der Waals surface area contributed by atoms with E-state index in [1.165, 1.54) is 45.6 Å². The number of morpholine rings is 1. The smallest absolute Gasteiger partial charge is 0.146 e. The minimum atomic E-state index is 0.801. The zero-order chi connectivity index (χ0) is 22.2. The Hall–Kier alpha value is -2.42. The Morgan fingerprint density at radius 2 is 1.70 bits per heavy atom. The van der Waals surface area contributed by atoms with Gasteiger partial charge in [-0.05, 0) is 49.1 Å². The molecule has 3 aliphatic rings. The van der Waals surface area contributed by atoms with Crippen molar-refractivity contribution in [3.05, 3.63) is 40.5 Å². The number of hydrogen-bond acceptors (Lipinski definition) is 8. The predicted molar refractivity (Wildman–Crippen MR) is 133 cm³/mol. The van der Waals surface area contributed by atoms with Crippen molar-refractivity contribution < 1.29 is 9.47 Å². The second-order valence-corrected chi connectivity index (χ2v) is 10.1. The lowest BCUT2D eigenvalue weighted by molar-refractivity contribution is 0.0331. The fraction of sp³-hybridized carbons (Fsp3) is 0.520. The summed E-state index contributed by atoms with van der Waals surface area (Å²) >= 11 is 1.90. The first-order chi connectivity index (χ1) is 16.3. The second-order valence-electron chi connectivity index (χ2n) is 9.06. The number of anilines is 2. The predicted octanol–water partition coefficient (Wildman–Crippen LogP) is 3.35. The average Bonchev–Trinajstić information content (AvgIpc) is 3.46. The van der Waals surface area contributed by atoms with Crippen LogP contribution in [0.15, 0.2) is 24.3 Å². The molecule has 2 aliphatic heterocycles. The van der Waals surface area contributed by atoms with Gasteiger partial charge in [0.05, 0.1) is 32.3 Å². The molecule has 4 heterocycles. The lowest BCUT2D eigenvalue weighted by Gasteiger charge is -2.37. The number of piperazine rings is 1. The number of rotatable bonds is 5. The van der Waals surface area contributed by atoms with Crippen molar-refractivity contribution in [2.24, 2.45) is 0 Å². The highest BCUT2D eigenvalue weighted by Crippen LogP contribution is 2.41. The van der Waals surface area contributed by atoms with Gasteiger partial charge in [-0.25, -0.2) is 9.97 Å². The van der Waals surface area contributed by atoms with Gasteiger partial charge in [0.2, 0.25) is 0 Å². The number of aryl methyl sites for hydroxylation is 2. The molecular formula is C25H31N5O2S. The second kappa shape index (κ2) is 9.08. The van der Waals surface area contributed by atoms with Crippen LogP contribution < -0.4 is 14.5 Å². The molecule has 33 heavy (non-hydrogen) atoms. The van der Waals surface area contributed by atoms with E-state index in [4.69, 9.17) is 19.4 Å². The van der Waals surface area contributed by atoms with E-state index in [2.05, 4.69) is 26.8 Å². The molecule has 0 N–H and O–H groups in total. The zero-order valence-electron chi connectivity index (χ0n) is 19.3. The number of methoxy groups -OCH3 is 1. The van der Waals surface area contributed by atoms with E-state index in [9.17, 15) is 0 Å². The molecule has 174 valence electrons. The number of aromatic nitrogens is 2. The quantitative estimate of drug-likeness (QED) is 0.573. The maximum absolute atomic E-state index is 5.53. The molecule has 0 bridgehead atoms. The number of benzene rings is 1. The standard InChI is InChI=1S/C25H31N5O2S/c1-31-19-7-5-18(6-8-19)29-9-11-30(12-10-29)24-23-20-3-2-4-21(20)33-25(23)27-22(26-24)17-28-13-15-32-16-14-28/h5-8H,2-4,9-17H2,1H3. The van der Waals surface area contributed by atoms with E-state index < -0.39 is 0 Å². The van der Waals surface area contributed by atoms with Crippen LogP contribution in [0.25, 0.3) is 10.2 Å². The molecule has 2 saturated heterocycles. The van der Waals surface area contributed by atoms with Crippen LogP contribution in [0.5, 0.6) is 5.75 Å². The summed E-state index contributed by atoms with van der Waals surface area (Å²) in [5.74, 6) is 3.02. The monoisotopic (exact) mass is 465 g/mol. The van der Waals surface area contributed by atoms with Crippen LogP contribution in [0.3, 0.4) is 0 Å². The van der Waals surface area contributed by atoms with Crippen LogP contribution in [0.4, 0.5) is 11.5 Å². The highest BCUT2D eigenvalue weighted by atomic mass is 32.1. The van der Waals surface area contributed by atoms with E-state index in [1.54, 1.807) is 7.11 Å². The Morgan fingerprint density at radius 3 is 2.45 bits per heavy atom. The molecule has 0 atom stereocenters. The van der Waals surface area contributed by atoms with Crippen molar-refractivity contribution in [2.45, 2.75) is 25.8 Å². The Balaban J connectivity index is 1.27. The van der Waals surface area contributed by atoms with Gasteiger partial charge >= 0.3 is 0 Å². The number of nitrogens with zero attached hydrogens (tertiary/aromatic N) is 5. The van der Waals surface area contributed by atoms with Crippen LogP contribution >= 0.6 is 11.3 Å². The van der Waals surface area contributed by atoms with Crippen LogP contribution in [0.1, 0.15) is 22.7 Å². The third-order valence-corrected chi connectivity index (χ3v) is 8.26. The molecule has 0 saturated carbocycles. The van der Waals surface area contributed by atoms with E-state index >= 15 is 0 Å². The zero-order valence-corrected chi connectivity index (χ0v) is 20.1. The van der Waals surface area contributed by atoms with Crippen LogP contribution in [-0.2, 0) is 24.1 Å². The minimum Gasteiger partial charge on any atom is -0.497 e. The van der Waals surface area contributed by atoms with Gasteiger partial charge in [0, 0.05) is 49.8 Å². The minimum absolute atomic E-state index is 0.801. The van der Waals surface area contributed by atoms with Gasteiger partial charge in [-0.15, -0.1) is 11.3 Å². The molecule has 2 fully saturated rings. The van der Waals surface area contributed by atoms with E-state index in [0.29, 0.717) is 0 Å². The number of hydrogen-bond donors (Lipinski definition) is 0. The molecule has 3 aromatic rings. The molecule has 6 rings (SSSR count).